The summed E-state index contributed by atoms with van der Waals surface area (Å²) in [6.07, 6.45) is 9.05. The lowest BCUT2D eigenvalue weighted by Gasteiger charge is -2.37. The Hall–Kier alpha value is -3.19. The average molecular weight is 449 g/mol. The maximum atomic E-state index is 12.1. The van der Waals surface area contributed by atoms with Crippen molar-refractivity contribution < 1.29 is 14.3 Å². The Morgan fingerprint density at radius 2 is 2.00 bits per heavy atom. The number of nitrogens with one attached hydrogen (secondary N) is 1. The number of nitrogens with zero attached hydrogens (tertiary/aromatic N) is 3. The van der Waals surface area contributed by atoms with Crippen LogP contribution in [0.2, 0.25) is 0 Å². The van der Waals surface area contributed by atoms with Gasteiger partial charge in [0, 0.05) is 50.8 Å². The SMILES string of the molecule is C=Cc1ccc(NC2CC(Oc3ncccc3C3CCN(C(=O)COC)CC3)C2)nc1C=C. The molecule has 0 bridgehead atoms. The number of piperidine rings is 1. The highest BCUT2D eigenvalue weighted by molar-refractivity contribution is 5.77. The zero-order chi connectivity index (χ0) is 23.2. The summed E-state index contributed by atoms with van der Waals surface area (Å²) in [5.41, 5.74) is 2.95. The second-order valence-electron chi connectivity index (χ2n) is 8.62. The summed E-state index contributed by atoms with van der Waals surface area (Å²) >= 11 is 0. The molecule has 2 aliphatic rings. The smallest absolute Gasteiger partial charge is 0.248 e. The Balaban J connectivity index is 1.30. The molecule has 1 aliphatic carbocycles. The first-order valence-corrected chi connectivity index (χ1v) is 11.5. The summed E-state index contributed by atoms with van der Waals surface area (Å²) in [7, 11) is 1.55. The largest absolute Gasteiger partial charge is 0.474 e. The minimum atomic E-state index is 0.0560. The molecule has 2 aromatic heterocycles. The molecular weight excluding hydrogens is 416 g/mol. The van der Waals surface area contributed by atoms with Gasteiger partial charge in [0.25, 0.3) is 0 Å². The molecule has 2 aromatic rings. The van der Waals surface area contributed by atoms with E-state index in [9.17, 15) is 4.79 Å². The molecule has 3 heterocycles. The van der Waals surface area contributed by atoms with E-state index in [1.807, 2.05) is 23.1 Å². The van der Waals surface area contributed by atoms with Crippen LogP contribution < -0.4 is 10.1 Å². The molecule has 174 valence electrons. The first-order valence-electron chi connectivity index (χ1n) is 11.5. The standard InChI is InChI=1S/C26H32N4O3/c1-4-18-8-9-24(29-23(18)5-2)28-20-15-21(16-20)33-26-22(7-6-12-27-26)19-10-13-30(14-11-19)25(31)17-32-3/h4-9,12,19-21H,1-2,10-11,13-17H2,3H3,(H,28,29). The molecule has 0 atom stereocenters. The van der Waals surface area contributed by atoms with Gasteiger partial charge in [-0.2, -0.15) is 0 Å². The van der Waals surface area contributed by atoms with Crippen LogP contribution in [0.1, 0.15) is 48.4 Å². The van der Waals surface area contributed by atoms with Crippen molar-refractivity contribution in [1.29, 1.82) is 0 Å². The highest BCUT2D eigenvalue weighted by Gasteiger charge is 2.33. The zero-order valence-corrected chi connectivity index (χ0v) is 19.2. The molecule has 7 nitrogen and oxygen atoms in total. The van der Waals surface area contributed by atoms with Crippen molar-refractivity contribution in [2.24, 2.45) is 0 Å². The lowest BCUT2D eigenvalue weighted by Crippen LogP contribution is -2.43. The van der Waals surface area contributed by atoms with Crippen LogP contribution in [0.3, 0.4) is 0 Å². The Morgan fingerprint density at radius 1 is 1.21 bits per heavy atom. The minimum Gasteiger partial charge on any atom is -0.474 e. The van der Waals surface area contributed by atoms with Crippen LogP contribution in [0.4, 0.5) is 5.82 Å². The van der Waals surface area contributed by atoms with Crippen LogP contribution in [-0.4, -0.2) is 59.7 Å². The summed E-state index contributed by atoms with van der Waals surface area (Å²) in [6.45, 7) is 9.26. The Bertz CT molecular complexity index is 995. The van der Waals surface area contributed by atoms with E-state index in [1.165, 1.54) is 0 Å². The van der Waals surface area contributed by atoms with Gasteiger partial charge in [-0.25, -0.2) is 9.97 Å². The summed E-state index contributed by atoms with van der Waals surface area (Å²) < 4.78 is 11.3. The van der Waals surface area contributed by atoms with Gasteiger partial charge in [-0.1, -0.05) is 25.3 Å². The van der Waals surface area contributed by atoms with E-state index < -0.39 is 0 Å². The van der Waals surface area contributed by atoms with Gasteiger partial charge in [-0.05, 0) is 48.6 Å². The fraction of sp³-hybridized carbons (Fsp3) is 0.423. The number of likely N-dealkylation sites (tertiary alicyclic amines) is 1. The van der Waals surface area contributed by atoms with Gasteiger partial charge in [-0.15, -0.1) is 0 Å². The molecule has 33 heavy (non-hydrogen) atoms. The number of carbonyl (C=O) groups excluding carboxylic acids is 1. The number of hydrogen-bond acceptors (Lipinski definition) is 6. The summed E-state index contributed by atoms with van der Waals surface area (Å²) in [5, 5.41) is 3.48. The van der Waals surface area contributed by atoms with Crippen molar-refractivity contribution in [2.45, 2.75) is 43.7 Å². The minimum absolute atomic E-state index is 0.0560. The molecule has 7 heteroatoms. The predicted molar refractivity (Wildman–Crippen MR) is 130 cm³/mol. The molecule has 1 saturated heterocycles. The third-order valence-electron chi connectivity index (χ3n) is 6.45. The molecule has 1 amide bonds. The van der Waals surface area contributed by atoms with E-state index >= 15 is 0 Å². The maximum Gasteiger partial charge on any atom is 0.248 e. The molecule has 1 saturated carbocycles. The molecule has 0 aromatic carbocycles. The van der Waals surface area contributed by atoms with Crippen molar-refractivity contribution in [1.82, 2.24) is 14.9 Å². The molecule has 1 N–H and O–H groups in total. The summed E-state index contributed by atoms with van der Waals surface area (Å²) in [6, 6.07) is 8.36. The van der Waals surface area contributed by atoms with Gasteiger partial charge in [0.2, 0.25) is 11.8 Å². The van der Waals surface area contributed by atoms with E-state index in [1.54, 1.807) is 25.5 Å². The van der Waals surface area contributed by atoms with E-state index in [-0.39, 0.29) is 18.6 Å². The van der Waals surface area contributed by atoms with Crippen molar-refractivity contribution in [3.63, 3.8) is 0 Å². The summed E-state index contributed by atoms with van der Waals surface area (Å²) in [5.74, 6) is 1.97. The third-order valence-corrected chi connectivity index (χ3v) is 6.45. The fourth-order valence-electron chi connectivity index (χ4n) is 4.52. The molecule has 2 fully saturated rings. The van der Waals surface area contributed by atoms with Crippen LogP contribution in [-0.2, 0) is 9.53 Å². The van der Waals surface area contributed by atoms with E-state index in [4.69, 9.17) is 9.47 Å². The quantitative estimate of drug-likeness (QED) is 0.621. The molecule has 0 radical (unpaired) electrons. The first-order chi connectivity index (χ1) is 16.1. The molecule has 4 rings (SSSR count). The second-order valence-corrected chi connectivity index (χ2v) is 8.62. The zero-order valence-electron chi connectivity index (χ0n) is 19.2. The third kappa shape index (κ3) is 5.42. The van der Waals surface area contributed by atoms with E-state index in [0.717, 1.165) is 67.3 Å². The van der Waals surface area contributed by atoms with E-state index in [0.29, 0.717) is 12.0 Å². The van der Waals surface area contributed by atoms with Gasteiger partial charge in [0.1, 0.15) is 18.5 Å². The van der Waals surface area contributed by atoms with Gasteiger partial charge < -0.3 is 19.7 Å². The monoisotopic (exact) mass is 448 g/mol. The fourth-order valence-corrected chi connectivity index (χ4v) is 4.52. The Kier molecular flexibility index (Phi) is 7.40. The number of aromatic nitrogens is 2. The van der Waals surface area contributed by atoms with Crippen LogP contribution in [0, 0.1) is 0 Å². The number of methoxy groups -OCH3 is 1. The van der Waals surface area contributed by atoms with Crippen molar-refractivity contribution >= 4 is 23.9 Å². The van der Waals surface area contributed by atoms with Crippen LogP contribution in [0.5, 0.6) is 5.88 Å². The first kappa shape index (κ1) is 23.0. The number of anilines is 1. The Morgan fingerprint density at radius 3 is 2.70 bits per heavy atom. The van der Waals surface area contributed by atoms with Gasteiger partial charge in [0.05, 0.1) is 5.69 Å². The summed E-state index contributed by atoms with van der Waals surface area (Å²) in [4.78, 5) is 23.1. The number of rotatable bonds is 9. The number of ether oxygens (including phenoxy) is 2. The number of carbonyl (C=O) groups is 1. The van der Waals surface area contributed by atoms with Crippen LogP contribution in [0.15, 0.2) is 43.6 Å². The number of pyridine rings is 2. The molecule has 0 unspecified atom stereocenters. The van der Waals surface area contributed by atoms with Crippen LogP contribution >= 0.6 is 0 Å². The topological polar surface area (TPSA) is 76.6 Å². The van der Waals surface area contributed by atoms with Gasteiger partial charge in [0.15, 0.2) is 0 Å². The molecule has 0 spiro atoms. The lowest BCUT2D eigenvalue weighted by molar-refractivity contribution is -0.136. The molecule has 1 aliphatic heterocycles. The highest BCUT2D eigenvalue weighted by Crippen LogP contribution is 2.36. The van der Waals surface area contributed by atoms with Gasteiger partial charge >= 0.3 is 0 Å². The van der Waals surface area contributed by atoms with Gasteiger partial charge in [-0.3, -0.25) is 4.79 Å². The highest BCUT2D eigenvalue weighted by atomic mass is 16.5. The normalized spacial score (nSPS) is 20.6. The number of amides is 1. The lowest BCUT2D eigenvalue weighted by atomic mass is 9.88. The van der Waals surface area contributed by atoms with Crippen molar-refractivity contribution in [3.05, 3.63) is 60.4 Å². The van der Waals surface area contributed by atoms with Crippen molar-refractivity contribution in [3.8, 4) is 5.88 Å². The van der Waals surface area contributed by atoms with Crippen LogP contribution in [0.25, 0.3) is 12.2 Å². The number of hydrogen-bond donors (Lipinski definition) is 1. The van der Waals surface area contributed by atoms with E-state index in [2.05, 4.69) is 34.5 Å². The second kappa shape index (κ2) is 10.6. The molecular formula is C26H32N4O3. The van der Waals surface area contributed by atoms with Crippen molar-refractivity contribution in [2.75, 3.05) is 32.1 Å². The maximum absolute atomic E-state index is 12.1. The predicted octanol–water partition coefficient (Wildman–Crippen LogP) is 4.14. The Labute approximate surface area is 195 Å². The average Bonchev–Trinajstić information content (AvgIpc) is 2.83.